The zero-order chi connectivity index (χ0) is 9.14. The molecule has 0 aromatic heterocycles. The smallest absolute Gasteiger partial charge is 0.140 e. The second-order valence-electron chi connectivity index (χ2n) is 1.86. The van der Waals surface area contributed by atoms with E-state index >= 15 is 0 Å². The van der Waals surface area contributed by atoms with Crippen molar-refractivity contribution >= 4 is 43.2 Å². The Bertz CT molecular complexity index is 316. The molecule has 0 aliphatic rings. The van der Waals surface area contributed by atoms with Crippen molar-refractivity contribution in [3.63, 3.8) is 0 Å². The highest BCUT2D eigenvalue weighted by molar-refractivity contribution is 9.13. The second kappa shape index (κ2) is 4.36. The first-order valence-electron chi connectivity index (χ1n) is 2.82. The van der Waals surface area contributed by atoms with Gasteiger partial charge in [0.2, 0.25) is 0 Å². The Morgan fingerprint density at radius 1 is 1.33 bits per heavy atom. The van der Waals surface area contributed by atoms with Crippen molar-refractivity contribution in [3.05, 3.63) is 27.1 Å². The van der Waals surface area contributed by atoms with Gasteiger partial charge in [0.1, 0.15) is 17.1 Å². The number of halogens is 2. The van der Waals surface area contributed by atoms with Gasteiger partial charge in [0.25, 0.3) is 0 Å². The van der Waals surface area contributed by atoms with E-state index in [-0.39, 0.29) is 5.75 Å². The van der Waals surface area contributed by atoms with Gasteiger partial charge in [0.15, 0.2) is 0 Å². The molecule has 0 N–H and O–H groups in total. The van der Waals surface area contributed by atoms with Crippen molar-refractivity contribution in [3.8, 4) is 5.75 Å². The molecule has 1 rings (SSSR count). The van der Waals surface area contributed by atoms with E-state index < -0.39 is 11.4 Å². The fourth-order valence-electron chi connectivity index (χ4n) is 0.607. The highest BCUT2D eigenvalue weighted by Gasteiger charge is 1.98. The fourth-order valence-corrected chi connectivity index (χ4v) is 1.47. The van der Waals surface area contributed by atoms with Crippen molar-refractivity contribution in [2.75, 3.05) is 0 Å². The molecule has 0 radical (unpaired) electrons. The molecule has 0 spiro atoms. The lowest BCUT2D eigenvalue weighted by atomic mass is 10.3. The topological polar surface area (TPSA) is 49.4 Å². The lowest BCUT2D eigenvalue weighted by molar-refractivity contribution is 0.440. The van der Waals surface area contributed by atoms with E-state index in [0.717, 1.165) is 8.95 Å². The summed E-state index contributed by atoms with van der Waals surface area (Å²) >= 11 is 3.93. The molecule has 0 heterocycles. The van der Waals surface area contributed by atoms with Crippen LogP contribution in [0.4, 0.5) is 0 Å². The molecule has 0 fully saturated rings. The van der Waals surface area contributed by atoms with Crippen LogP contribution in [0, 0.1) is 0 Å². The molecule has 1 aromatic rings. The summed E-state index contributed by atoms with van der Waals surface area (Å²) < 4.78 is 26.2. The van der Waals surface area contributed by atoms with E-state index in [2.05, 4.69) is 36.0 Å². The third-order valence-corrected chi connectivity index (χ3v) is 3.26. The highest BCUT2D eigenvalue weighted by atomic mass is 79.9. The molecule has 0 aliphatic heterocycles. The molecule has 0 saturated carbocycles. The van der Waals surface area contributed by atoms with Crippen LogP contribution in [0.15, 0.2) is 27.1 Å². The van der Waals surface area contributed by atoms with Gasteiger partial charge in [-0.1, -0.05) is 0 Å². The Balaban J connectivity index is 2.89. The second-order valence-corrected chi connectivity index (χ2v) is 4.15. The van der Waals surface area contributed by atoms with Crippen molar-refractivity contribution < 1.29 is 12.9 Å². The summed E-state index contributed by atoms with van der Waals surface area (Å²) in [5.41, 5.74) is 0. The SMILES string of the molecule is O=S([O-])Oc1ccc(Br)c(Br)c1. The molecule has 0 amide bonds. The molecule has 1 unspecified atom stereocenters. The van der Waals surface area contributed by atoms with E-state index in [0.29, 0.717) is 0 Å². The van der Waals surface area contributed by atoms with Crippen molar-refractivity contribution in [1.82, 2.24) is 0 Å². The first kappa shape index (κ1) is 10.2. The van der Waals surface area contributed by atoms with Gasteiger partial charge >= 0.3 is 0 Å². The summed E-state index contributed by atoms with van der Waals surface area (Å²) in [5, 5.41) is 0. The number of hydrogen-bond donors (Lipinski definition) is 0. The van der Waals surface area contributed by atoms with Crippen LogP contribution in [0.2, 0.25) is 0 Å². The maximum absolute atomic E-state index is 10.1. The van der Waals surface area contributed by atoms with Crippen molar-refractivity contribution in [2.45, 2.75) is 0 Å². The molecule has 1 aromatic carbocycles. The molecule has 1 atom stereocenters. The number of rotatable bonds is 2. The predicted molar refractivity (Wildman–Crippen MR) is 51.4 cm³/mol. The minimum atomic E-state index is -2.52. The van der Waals surface area contributed by atoms with Gasteiger partial charge < -0.3 is 8.74 Å². The Labute approximate surface area is 88.9 Å². The van der Waals surface area contributed by atoms with Gasteiger partial charge in [-0.25, -0.2) is 4.21 Å². The molecule has 0 bridgehead atoms. The summed E-state index contributed by atoms with van der Waals surface area (Å²) in [6, 6.07) is 4.79. The Morgan fingerprint density at radius 2 is 2.00 bits per heavy atom. The first-order valence-corrected chi connectivity index (χ1v) is 5.41. The molecule has 3 nitrogen and oxygen atoms in total. The van der Waals surface area contributed by atoms with Gasteiger partial charge in [-0.3, -0.25) is 0 Å². The Kier molecular flexibility index (Phi) is 3.70. The minimum absolute atomic E-state index is 0.276. The molecular weight excluding hydrogens is 312 g/mol. The molecule has 0 saturated heterocycles. The average Bonchev–Trinajstić information content (AvgIpc) is 1.96. The summed E-state index contributed by atoms with van der Waals surface area (Å²) in [6.45, 7) is 0. The molecule has 66 valence electrons. The molecule has 6 heteroatoms. The van der Waals surface area contributed by atoms with E-state index in [1.807, 2.05) is 0 Å². The summed E-state index contributed by atoms with van der Waals surface area (Å²) in [4.78, 5) is 0. The van der Waals surface area contributed by atoms with Crippen LogP contribution in [0.1, 0.15) is 0 Å². The van der Waals surface area contributed by atoms with Gasteiger partial charge in [0.05, 0.1) is 0 Å². The van der Waals surface area contributed by atoms with Crippen LogP contribution < -0.4 is 4.18 Å². The van der Waals surface area contributed by atoms with E-state index in [1.165, 1.54) is 0 Å². The minimum Gasteiger partial charge on any atom is -0.740 e. The predicted octanol–water partition coefficient (Wildman–Crippen LogP) is 2.38. The molecule has 12 heavy (non-hydrogen) atoms. The van der Waals surface area contributed by atoms with Crippen molar-refractivity contribution in [1.29, 1.82) is 0 Å². The Hall–Kier alpha value is 0.0900. The van der Waals surface area contributed by atoms with Crippen molar-refractivity contribution in [2.24, 2.45) is 0 Å². The number of benzene rings is 1. The van der Waals surface area contributed by atoms with Crippen LogP contribution in [-0.4, -0.2) is 8.76 Å². The maximum Gasteiger partial charge on any atom is 0.140 e. The van der Waals surface area contributed by atoms with E-state index in [1.54, 1.807) is 18.2 Å². The normalized spacial score (nSPS) is 12.6. The standard InChI is InChI=1S/C6H4Br2O3S/c7-5-2-1-4(3-6(5)8)11-12(9)10/h1-3H,(H,9,10)/p-1. The average molecular weight is 315 g/mol. The lowest BCUT2D eigenvalue weighted by Crippen LogP contribution is -1.97. The largest absolute Gasteiger partial charge is 0.740 e. The molecular formula is C6H3Br2O3S-. The third-order valence-electron chi connectivity index (χ3n) is 1.06. The Morgan fingerprint density at radius 3 is 2.50 bits per heavy atom. The van der Waals surface area contributed by atoms with Crippen LogP contribution in [0.5, 0.6) is 5.75 Å². The number of hydrogen-bond acceptors (Lipinski definition) is 3. The monoisotopic (exact) mass is 313 g/mol. The zero-order valence-electron chi connectivity index (χ0n) is 5.62. The van der Waals surface area contributed by atoms with Gasteiger partial charge in [-0.2, -0.15) is 0 Å². The summed E-state index contributed by atoms with van der Waals surface area (Å²) in [7, 11) is 0. The van der Waals surface area contributed by atoms with E-state index in [9.17, 15) is 8.76 Å². The first-order chi connectivity index (χ1) is 5.59. The lowest BCUT2D eigenvalue weighted by Gasteiger charge is -2.07. The van der Waals surface area contributed by atoms with Gasteiger partial charge in [-0.15, -0.1) is 0 Å². The van der Waals surface area contributed by atoms with Gasteiger partial charge in [-0.05, 0) is 50.1 Å². The summed E-state index contributed by atoms with van der Waals surface area (Å²) in [6.07, 6.45) is 0. The van der Waals surface area contributed by atoms with Crippen LogP contribution in [0.3, 0.4) is 0 Å². The van der Waals surface area contributed by atoms with Crippen LogP contribution in [0.25, 0.3) is 0 Å². The van der Waals surface area contributed by atoms with Gasteiger partial charge in [0, 0.05) is 8.95 Å². The van der Waals surface area contributed by atoms with Crippen LogP contribution >= 0.6 is 31.9 Å². The van der Waals surface area contributed by atoms with E-state index in [4.69, 9.17) is 0 Å². The fraction of sp³-hybridized carbons (Fsp3) is 0. The third kappa shape index (κ3) is 2.85. The highest BCUT2D eigenvalue weighted by Crippen LogP contribution is 2.27. The van der Waals surface area contributed by atoms with Crippen LogP contribution in [-0.2, 0) is 11.4 Å². The molecule has 0 aliphatic carbocycles. The summed E-state index contributed by atoms with van der Waals surface area (Å²) in [5.74, 6) is 0.276. The maximum atomic E-state index is 10.1. The zero-order valence-corrected chi connectivity index (χ0v) is 9.61. The quantitative estimate of drug-likeness (QED) is 0.788.